The molecule has 1 aliphatic heterocycles. The van der Waals surface area contributed by atoms with Crippen LogP contribution in [0.1, 0.15) is 18.7 Å². The number of benzene rings is 1. The molecule has 16 heavy (non-hydrogen) atoms. The molecule has 1 atom stereocenters. The summed E-state index contributed by atoms with van der Waals surface area (Å²) in [6.07, 6.45) is 0.978. The van der Waals surface area contributed by atoms with Crippen molar-refractivity contribution in [1.82, 2.24) is 5.32 Å². The maximum Gasteiger partial charge on any atom is 0.359 e. The number of esters is 1. The Bertz CT molecular complexity index is 400. The van der Waals surface area contributed by atoms with E-state index >= 15 is 0 Å². The zero-order valence-electron chi connectivity index (χ0n) is 8.97. The Balaban J connectivity index is 2.10. The molecular formula is C12H13NO3. The topological polar surface area (TPSA) is 47.6 Å². The Morgan fingerprint density at radius 2 is 2.19 bits per heavy atom. The summed E-state index contributed by atoms with van der Waals surface area (Å²) in [5.41, 5.74) is 1.27. The highest BCUT2D eigenvalue weighted by molar-refractivity contribution is 5.89. The van der Waals surface area contributed by atoms with Gasteiger partial charge in [-0.2, -0.15) is 0 Å². The minimum absolute atomic E-state index is 0.357. The number of rotatable bonds is 3. The van der Waals surface area contributed by atoms with E-state index in [1.807, 2.05) is 37.3 Å². The number of nitrogens with one attached hydrogen (secondary N) is 1. The monoisotopic (exact) mass is 219 g/mol. The average Bonchev–Trinajstić information content (AvgIpc) is 2.69. The Morgan fingerprint density at radius 1 is 1.44 bits per heavy atom. The number of carbonyl (C=O) groups is 1. The molecule has 1 aromatic carbocycles. The highest BCUT2D eigenvalue weighted by Gasteiger charge is 2.29. The van der Waals surface area contributed by atoms with Crippen molar-refractivity contribution in [2.75, 3.05) is 6.61 Å². The third kappa shape index (κ3) is 2.16. The molecule has 4 heteroatoms. The first-order chi connectivity index (χ1) is 7.81. The molecule has 0 aromatic heterocycles. The number of ether oxygens (including phenoxy) is 2. The first kappa shape index (κ1) is 10.5. The van der Waals surface area contributed by atoms with Crippen molar-refractivity contribution in [1.29, 1.82) is 0 Å². The van der Waals surface area contributed by atoms with Gasteiger partial charge in [0.15, 0.2) is 11.9 Å². The van der Waals surface area contributed by atoms with E-state index < -0.39 is 6.23 Å². The second kappa shape index (κ2) is 4.70. The van der Waals surface area contributed by atoms with Gasteiger partial charge < -0.3 is 14.8 Å². The molecule has 1 N–H and O–H groups in total. The fourth-order valence-electron chi connectivity index (χ4n) is 1.43. The zero-order valence-corrected chi connectivity index (χ0v) is 8.97. The quantitative estimate of drug-likeness (QED) is 0.477. The molecule has 1 aliphatic rings. The number of carbonyl (C=O) groups excluding carboxylic acids is 1. The summed E-state index contributed by atoms with van der Waals surface area (Å²) in [6.45, 7) is 2.38. The molecule has 0 amide bonds. The van der Waals surface area contributed by atoms with Gasteiger partial charge in [0.1, 0.15) is 6.26 Å². The van der Waals surface area contributed by atoms with Crippen LogP contribution in [0, 0.1) is 0 Å². The molecule has 1 unspecified atom stereocenters. The second-order valence-corrected chi connectivity index (χ2v) is 3.33. The Morgan fingerprint density at radius 3 is 2.88 bits per heavy atom. The number of hydrogen-bond acceptors (Lipinski definition) is 4. The smallest absolute Gasteiger partial charge is 0.359 e. The van der Waals surface area contributed by atoms with Crippen molar-refractivity contribution in [3.8, 4) is 0 Å². The standard InChI is InChI=1S/C12H13NO3/c1-2-15-8-10-12(14)16-11(13-10)9-6-4-3-5-7-9/h3-8,11,13H,2H2,1H3/b10-8-. The third-order valence-electron chi connectivity index (χ3n) is 2.20. The first-order valence-electron chi connectivity index (χ1n) is 5.15. The van der Waals surface area contributed by atoms with E-state index in [1.54, 1.807) is 0 Å². The minimum atomic E-state index is -0.416. The largest absolute Gasteiger partial charge is 0.499 e. The van der Waals surface area contributed by atoms with Gasteiger partial charge in [-0.15, -0.1) is 0 Å². The average molecular weight is 219 g/mol. The molecular weight excluding hydrogens is 206 g/mol. The van der Waals surface area contributed by atoms with Gasteiger partial charge >= 0.3 is 5.97 Å². The summed E-state index contributed by atoms with van der Waals surface area (Å²) in [5, 5.41) is 2.96. The van der Waals surface area contributed by atoms with Crippen LogP contribution in [-0.4, -0.2) is 12.6 Å². The van der Waals surface area contributed by atoms with Crippen molar-refractivity contribution < 1.29 is 14.3 Å². The van der Waals surface area contributed by atoms with Crippen LogP contribution < -0.4 is 5.32 Å². The van der Waals surface area contributed by atoms with Gasteiger partial charge in [-0.1, -0.05) is 30.3 Å². The van der Waals surface area contributed by atoms with Gasteiger partial charge in [-0.05, 0) is 6.92 Å². The van der Waals surface area contributed by atoms with E-state index in [2.05, 4.69) is 5.32 Å². The summed E-state index contributed by atoms with van der Waals surface area (Å²) in [7, 11) is 0. The van der Waals surface area contributed by atoms with Crippen LogP contribution >= 0.6 is 0 Å². The third-order valence-corrected chi connectivity index (χ3v) is 2.20. The lowest BCUT2D eigenvalue weighted by atomic mass is 10.2. The van der Waals surface area contributed by atoms with Gasteiger partial charge in [0.25, 0.3) is 0 Å². The van der Waals surface area contributed by atoms with Gasteiger partial charge in [0.2, 0.25) is 0 Å². The maximum atomic E-state index is 11.4. The van der Waals surface area contributed by atoms with Crippen LogP contribution in [0.4, 0.5) is 0 Å². The van der Waals surface area contributed by atoms with Crippen molar-refractivity contribution in [2.45, 2.75) is 13.2 Å². The van der Waals surface area contributed by atoms with Crippen molar-refractivity contribution in [2.24, 2.45) is 0 Å². The molecule has 1 saturated heterocycles. The molecule has 0 radical (unpaired) electrons. The summed E-state index contributed by atoms with van der Waals surface area (Å²) >= 11 is 0. The number of hydrogen-bond donors (Lipinski definition) is 1. The fourth-order valence-corrected chi connectivity index (χ4v) is 1.43. The van der Waals surface area contributed by atoms with Crippen LogP contribution in [0.2, 0.25) is 0 Å². The lowest BCUT2D eigenvalue weighted by Gasteiger charge is -2.08. The van der Waals surface area contributed by atoms with Crippen molar-refractivity contribution in [3.05, 3.63) is 47.9 Å². The van der Waals surface area contributed by atoms with Gasteiger partial charge in [-0.3, -0.25) is 0 Å². The van der Waals surface area contributed by atoms with Crippen LogP contribution in [0.15, 0.2) is 42.3 Å². The molecule has 0 spiro atoms. The van der Waals surface area contributed by atoms with E-state index in [4.69, 9.17) is 9.47 Å². The molecule has 1 heterocycles. The Hall–Kier alpha value is -1.97. The summed E-state index contributed by atoms with van der Waals surface area (Å²) < 4.78 is 10.2. The molecule has 2 rings (SSSR count). The lowest BCUT2D eigenvalue weighted by molar-refractivity contribution is -0.139. The lowest BCUT2D eigenvalue weighted by Crippen LogP contribution is -2.13. The molecule has 0 aliphatic carbocycles. The zero-order chi connectivity index (χ0) is 11.4. The SMILES string of the molecule is CCO/C=C1\NC(c2ccccc2)OC1=O. The molecule has 1 fully saturated rings. The van der Waals surface area contributed by atoms with E-state index in [-0.39, 0.29) is 5.97 Å². The van der Waals surface area contributed by atoms with Crippen LogP contribution in [0.5, 0.6) is 0 Å². The summed E-state index contributed by atoms with van der Waals surface area (Å²) in [4.78, 5) is 11.4. The van der Waals surface area contributed by atoms with E-state index in [0.29, 0.717) is 12.3 Å². The van der Waals surface area contributed by atoms with Gasteiger partial charge in [0.05, 0.1) is 6.61 Å². The minimum Gasteiger partial charge on any atom is -0.499 e. The van der Waals surface area contributed by atoms with Crippen LogP contribution in [0.25, 0.3) is 0 Å². The van der Waals surface area contributed by atoms with Crippen molar-refractivity contribution >= 4 is 5.97 Å². The van der Waals surface area contributed by atoms with Gasteiger partial charge in [-0.25, -0.2) is 4.79 Å². The van der Waals surface area contributed by atoms with Crippen molar-refractivity contribution in [3.63, 3.8) is 0 Å². The molecule has 1 aromatic rings. The Kier molecular flexibility index (Phi) is 3.10. The normalized spacial score (nSPS) is 21.7. The van der Waals surface area contributed by atoms with Crippen LogP contribution in [-0.2, 0) is 14.3 Å². The summed E-state index contributed by atoms with van der Waals surface area (Å²) in [6, 6.07) is 9.50. The van der Waals surface area contributed by atoms with E-state index in [9.17, 15) is 4.79 Å². The predicted molar refractivity (Wildman–Crippen MR) is 58.1 cm³/mol. The highest BCUT2D eigenvalue weighted by Crippen LogP contribution is 2.22. The fraction of sp³-hybridized carbons (Fsp3) is 0.250. The highest BCUT2D eigenvalue weighted by atomic mass is 16.6. The van der Waals surface area contributed by atoms with Crippen LogP contribution in [0.3, 0.4) is 0 Å². The van der Waals surface area contributed by atoms with Gasteiger partial charge in [0, 0.05) is 5.56 Å². The number of cyclic esters (lactones) is 1. The second-order valence-electron chi connectivity index (χ2n) is 3.33. The molecule has 0 bridgehead atoms. The molecule has 0 saturated carbocycles. The first-order valence-corrected chi connectivity index (χ1v) is 5.15. The Labute approximate surface area is 93.9 Å². The molecule has 84 valence electrons. The van der Waals surface area contributed by atoms with E-state index in [1.165, 1.54) is 6.26 Å². The maximum absolute atomic E-state index is 11.4. The molecule has 4 nitrogen and oxygen atoms in total. The van der Waals surface area contributed by atoms with E-state index in [0.717, 1.165) is 5.56 Å². The predicted octanol–water partition coefficient (Wildman–Crippen LogP) is 1.71. The summed E-state index contributed by atoms with van der Waals surface area (Å²) in [5.74, 6) is -0.387.